The van der Waals surface area contributed by atoms with E-state index in [0.29, 0.717) is 23.2 Å². The van der Waals surface area contributed by atoms with E-state index < -0.39 is 5.82 Å². The fraction of sp³-hybridized carbons (Fsp3) is 0.150. The van der Waals surface area contributed by atoms with Gasteiger partial charge in [0.05, 0.1) is 5.75 Å². The van der Waals surface area contributed by atoms with E-state index in [9.17, 15) is 9.18 Å². The van der Waals surface area contributed by atoms with Gasteiger partial charge in [0.15, 0.2) is 22.5 Å². The zero-order chi connectivity index (χ0) is 20.6. The fourth-order valence-corrected chi connectivity index (χ4v) is 3.44. The quantitative estimate of drug-likeness (QED) is 0.358. The summed E-state index contributed by atoms with van der Waals surface area (Å²) in [4.78, 5) is 12.2. The Morgan fingerprint density at radius 3 is 2.72 bits per heavy atom. The molecule has 0 atom stereocenters. The summed E-state index contributed by atoms with van der Waals surface area (Å²) in [5, 5.41) is 11.6. The lowest BCUT2D eigenvalue weighted by molar-refractivity contribution is -0.113. The SMILES string of the molecule is C=CCn1c(COc2ccccc2F)nnc1SCC(=O)Nc1ccc(Br)cc1. The van der Waals surface area contributed by atoms with Crippen molar-refractivity contribution in [3.8, 4) is 5.75 Å². The highest BCUT2D eigenvalue weighted by molar-refractivity contribution is 9.10. The molecule has 0 bridgehead atoms. The number of ether oxygens (including phenoxy) is 1. The molecule has 3 rings (SSSR count). The molecular formula is C20H18BrFN4O2S. The number of benzene rings is 2. The molecule has 0 aliphatic rings. The van der Waals surface area contributed by atoms with Crippen LogP contribution in [0, 0.1) is 5.82 Å². The summed E-state index contributed by atoms with van der Waals surface area (Å²) in [6.07, 6.45) is 1.70. The molecule has 9 heteroatoms. The highest BCUT2D eigenvalue weighted by Crippen LogP contribution is 2.21. The van der Waals surface area contributed by atoms with E-state index >= 15 is 0 Å². The molecule has 0 saturated heterocycles. The number of nitrogens with one attached hydrogen (secondary N) is 1. The molecule has 0 unspecified atom stereocenters. The Labute approximate surface area is 180 Å². The van der Waals surface area contributed by atoms with E-state index in [-0.39, 0.29) is 24.0 Å². The minimum Gasteiger partial charge on any atom is -0.483 e. The number of halogens is 2. The highest BCUT2D eigenvalue weighted by atomic mass is 79.9. The second-order valence-corrected chi connectivity index (χ2v) is 7.72. The normalized spacial score (nSPS) is 10.6. The fourth-order valence-electron chi connectivity index (χ4n) is 2.41. The van der Waals surface area contributed by atoms with Crippen molar-refractivity contribution in [3.63, 3.8) is 0 Å². The summed E-state index contributed by atoms with van der Waals surface area (Å²) in [6.45, 7) is 4.23. The molecule has 1 aromatic heterocycles. The molecule has 0 radical (unpaired) electrons. The van der Waals surface area contributed by atoms with E-state index in [1.54, 1.807) is 28.8 Å². The van der Waals surface area contributed by atoms with Crippen LogP contribution in [0.4, 0.5) is 10.1 Å². The maximum absolute atomic E-state index is 13.7. The van der Waals surface area contributed by atoms with Crippen LogP contribution in [-0.2, 0) is 17.9 Å². The van der Waals surface area contributed by atoms with Crippen LogP contribution in [0.25, 0.3) is 0 Å². The van der Waals surface area contributed by atoms with Crippen LogP contribution in [0.3, 0.4) is 0 Å². The molecule has 6 nitrogen and oxygen atoms in total. The number of hydrogen-bond acceptors (Lipinski definition) is 5. The molecule has 3 aromatic rings. The first-order valence-corrected chi connectivity index (χ1v) is 10.4. The third-order valence-corrected chi connectivity index (χ3v) is 5.25. The first-order valence-electron chi connectivity index (χ1n) is 8.65. The Balaban J connectivity index is 1.61. The zero-order valence-corrected chi connectivity index (χ0v) is 17.7. The van der Waals surface area contributed by atoms with Crippen molar-refractivity contribution < 1.29 is 13.9 Å². The molecule has 1 N–H and O–H groups in total. The van der Waals surface area contributed by atoms with Gasteiger partial charge in [-0.25, -0.2) is 4.39 Å². The molecule has 1 heterocycles. The smallest absolute Gasteiger partial charge is 0.234 e. The van der Waals surface area contributed by atoms with Gasteiger partial charge in [-0.15, -0.1) is 16.8 Å². The standard InChI is InChI=1S/C20H18BrFN4O2S/c1-2-11-26-18(12-28-17-6-4-3-5-16(17)22)24-25-20(26)29-13-19(27)23-15-9-7-14(21)8-10-15/h2-10H,1,11-13H2,(H,23,27). The number of anilines is 1. The number of allylic oxidation sites excluding steroid dienone is 1. The molecular weight excluding hydrogens is 459 g/mol. The Morgan fingerprint density at radius 1 is 1.24 bits per heavy atom. The average molecular weight is 477 g/mol. The number of thioether (sulfide) groups is 1. The van der Waals surface area contributed by atoms with Gasteiger partial charge in [-0.3, -0.25) is 9.36 Å². The van der Waals surface area contributed by atoms with Crippen LogP contribution >= 0.6 is 27.7 Å². The third-order valence-electron chi connectivity index (χ3n) is 3.76. The Morgan fingerprint density at radius 2 is 2.00 bits per heavy atom. The van der Waals surface area contributed by atoms with Crippen molar-refractivity contribution in [2.75, 3.05) is 11.1 Å². The first kappa shape index (κ1) is 21.1. The van der Waals surface area contributed by atoms with Crippen LogP contribution in [0.2, 0.25) is 0 Å². The molecule has 0 aliphatic heterocycles. The number of para-hydroxylation sites is 1. The summed E-state index contributed by atoms with van der Waals surface area (Å²) in [6, 6.07) is 13.5. The number of aromatic nitrogens is 3. The van der Waals surface area contributed by atoms with Gasteiger partial charge in [0.2, 0.25) is 5.91 Å². The molecule has 29 heavy (non-hydrogen) atoms. The van der Waals surface area contributed by atoms with Crippen molar-refractivity contribution in [2.24, 2.45) is 0 Å². The van der Waals surface area contributed by atoms with E-state index in [1.807, 2.05) is 24.3 Å². The molecule has 0 spiro atoms. The lowest BCUT2D eigenvalue weighted by Crippen LogP contribution is -2.15. The zero-order valence-electron chi connectivity index (χ0n) is 15.3. The minimum absolute atomic E-state index is 0.0490. The van der Waals surface area contributed by atoms with Gasteiger partial charge in [-0.1, -0.05) is 45.9 Å². The molecule has 1 amide bonds. The van der Waals surface area contributed by atoms with Crippen LogP contribution in [-0.4, -0.2) is 26.4 Å². The summed E-state index contributed by atoms with van der Waals surface area (Å²) in [5.41, 5.74) is 0.713. The van der Waals surface area contributed by atoms with Gasteiger partial charge >= 0.3 is 0 Å². The topological polar surface area (TPSA) is 69.0 Å². The van der Waals surface area contributed by atoms with Gasteiger partial charge in [0, 0.05) is 16.7 Å². The first-order chi connectivity index (χ1) is 14.1. The second kappa shape index (κ2) is 10.2. The highest BCUT2D eigenvalue weighted by Gasteiger charge is 2.15. The molecule has 2 aromatic carbocycles. The summed E-state index contributed by atoms with van der Waals surface area (Å²) >= 11 is 4.61. The number of amides is 1. The van der Waals surface area contributed by atoms with E-state index in [2.05, 4.69) is 38.0 Å². The molecule has 150 valence electrons. The van der Waals surface area contributed by atoms with Gasteiger partial charge in [0.25, 0.3) is 0 Å². The van der Waals surface area contributed by atoms with E-state index in [1.165, 1.54) is 17.8 Å². The minimum atomic E-state index is -0.443. The van der Waals surface area contributed by atoms with E-state index in [0.717, 1.165) is 4.47 Å². The van der Waals surface area contributed by atoms with Gasteiger partial charge in [-0.2, -0.15) is 0 Å². The predicted octanol–water partition coefficient (Wildman–Crippen LogP) is 4.68. The summed E-state index contributed by atoms with van der Waals surface area (Å²) < 4.78 is 22.0. The summed E-state index contributed by atoms with van der Waals surface area (Å²) in [7, 11) is 0. The summed E-state index contributed by atoms with van der Waals surface area (Å²) in [5.74, 6) is 0.225. The van der Waals surface area contributed by atoms with Gasteiger partial charge in [-0.05, 0) is 36.4 Å². The molecule has 0 fully saturated rings. The third kappa shape index (κ3) is 5.91. The van der Waals surface area contributed by atoms with Crippen LogP contribution in [0.15, 0.2) is 70.8 Å². The second-order valence-electron chi connectivity index (χ2n) is 5.86. The number of rotatable bonds is 9. The molecule has 0 aliphatic carbocycles. The maximum atomic E-state index is 13.7. The Bertz CT molecular complexity index is 994. The molecule has 0 saturated carbocycles. The van der Waals surface area contributed by atoms with Crippen molar-refractivity contribution in [1.29, 1.82) is 0 Å². The van der Waals surface area contributed by atoms with E-state index in [4.69, 9.17) is 4.74 Å². The lowest BCUT2D eigenvalue weighted by Gasteiger charge is -2.10. The van der Waals surface area contributed by atoms with Gasteiger partial charge in [0.1, 0.15) is 6.61 Å². The number of nitrogens with zero attached hydrogens (tertiary/aromatic N) is 3. The van der Waals surface area contributed by atoms with Crippen LogP contribution in [0.5, 0.6) is 5.75 Å². The van der Waals surface area contributed by atoms with Crippen molar-refractivity contribution in [3.05, 3.63) is 77.3 Å². The lowest BCUT2D eigenvalue weighted by atomic mass is 10.3. The van der Waals surface area contributed by atoms with Crippen LogP contribution in [0.1, 0.15) is 5.82 Å². The number of carbonyl (C=O) groups is 1. The van der Waals surface area contributed by atoms with Gasteiger partial charge < -0.3 is 10.1 Å². The predicted molar refractivity (Wildman–Crippen MR) is 114 cm³/mol. The van der Waals surface area contributed by atoms with Crippen molar-refractivity contribution in [2.45, 2.75) is 18.3 Å². The van der Waals surface area contributed by atoms with Crippen molar-refractivity contribution in [1.82, 2.24) is 14.8 Å². The monoisotopic (exact) mass is 476 g/mol. The Kier molecular flexibility index (Phi) is 7.42. The largest absolute Gasteiger partial charge is 0.483 e. The van der Waals surface area contributed by atoms with Crippen molar-refractivity contribution >= 4 is 39.3 Å². The average Bonchev–Trinajstić information content (AvgIpc) is 3.09. The number of carbonyl (C=O) groups excluding carboxylic acids is 1. The Hall–Kier alpha value is -2.65. The maximum Gasteiger partial charge on any atom is 0.234 e. The number of hydrogen-bond donors (Lipinski definition) is 1. The van der Waals surface area contributed by atoms with Crippen LogP contribution < -0.4 is 10.1 Å².